The standard InChI is InChI=1S/C12H19FN2O/c1-3-15(4-5-16-2)12-7-10(9-14)6-11(13)8-12/h6-8H,3-5,9,14H2,1-2H3. The maximum absolute atomic E-state index is 13.3. The topological polar surface area (TPSA) is 38.5 Å². The first-order valence-corrected chi connectivity index (χ1v) is 5.44. The minimum atomic E-state index is -0.242. The van der Waals surface area contributed by atoms with Crippen LogP contribution in [0.4, 0.5) is 10.1 Å². The van der Waals surface area contributed by atoms with E-state index in [0.29, 0.717) is 13.2 Å². The first-order chi connectivity index (χ1) is 7.71. The van der Waals surface area contributed by atoms with Gasteiger partial charge in [-0.3, -0.25) is 0 Å². The van der Waals surface area contributed by atoms with Crippen LogP contribution < -0.4 is 10.6 Å². The summed E-state index contributed by atoms with van der Waals surface area (Å²) in [7, 11) is 1.66. The van der Waals surface area contributed by atoms with Crippen molar-refractivity contribution in [3.8, 4) is 0 Å². The molecule has 0 aromatic heterocycles. The minimum absolute atomic E-state index is 0.242. The summed E-state index contributed by atoms with van der Waals surface area (Å²) in [4.78, 5) is 2.06. The molecule has 3 nitrogen and oxygen atoms in total. The van der Waals surface area contributed by atoms with Crippen LogP contribution in [0.2, 0.25) is 0 Å². The monoisotopic (exact) mass is 226 g/mol. The van der Waals surface area contributed by atoms with Gasteiger partial charge in [0.05, 0.1) is 6.61 Å². The van der Waals surface area contributed by atoms with Crippen molar-refractivity contribution in [2.24, 2.45) is 5.73 Å². The highest BCUT2D eigenvalue weighted by Crippen LogP contribution is 2.18. The molecule has 0 aliphatic heterocycles. The second-order valence-corrected chi connectivity index (χ2v) is 3.59. The molecule has 0 amide bonds. The van der Waals surface area contributed by atoms with Gasteiger partial charge in [0.25, 0.3) is 0 Å². The number of halogens is 1. The molecular formula is C12H19FN2O. The summed E-state index contributed by atoms with van der Waals surface area (Å²) >= 11 is 0. The number of methoxy groups -OCH3 is 1. The molecule has 1 aromatic carbocycles. The third-order valence-corrected chi connectivity index (χ3v) is 2.49. The lowest BCUT2D eigenvalue weighted by Gasteiger charge is -2.23. The Morgan fingerprint density at radius 1 is 1.38 bits per heavy atom. The second-order valence-electron chi connectivity index (χ2n) is 3.59. The first-order valence-electron chi connectivity index (χ1n) is 5.44. The molecule has 0 atom stereocenters. The molecule has 4 heteroatoms. The van der Waals surface area contributed by atoms with Gasteiger partial charge in [0, 0.05) is 32.4 Å². The Morgan fingerprint density at radius 2 is 2.12 bits per heavy atom. The molecule has 0 aliphatic carbocycles. The van der Waals surface area contributed by atoms with Gasteiger partial charge in [0.2, 0.25) is 0 Å². The van der Waals surface area contributed by atoms with E-state index in [1.54, 1.807) is 7.11 Å². The Bertz CT molecular complexity index is 331. The average molecular weight is 226 g/mol. The third kappa shape index (κ3) is 3.47. The Labute approximate surface area is 96.0 Å². The van der Waals surface area contributed by atoms with E-state index in [1.165, 1.54) is 12.1 Å². The quantitative estimate of drug-likeness (QED) is 0.803. The lowest BCUT2D eigenvalue weighted by molar-refractivity contribution is 0.205. The van der Waals surface area contributed by atoms with E-state index in [9.17, 15) is 4.39 Å². The highest BCUT2D eigenvalue weighted by molar-refractivity contribution is 5.49. The fourth-order valence-electron chi connectivity index (χ4n) is 1.61. The lowest BCUT2D eigenvalue weighted by Crippen LogP contribution is -2.27. The van der Waals surface area contributed by atoms with Gasteiger partial charge in [0.15, 0.2) is 0 Å². The Hall–Kier alpha value is -1.13. The summed E-state index contributed by atoms with van der Waals surface area (Å²) in [5, 5.41) is 0. The molecule has 16 heavy (non-hydrogen) atoms. The number of nitrogens with zero attached hydrogens (tertiary/aromatic N) is 1. The second kappa shape index (κ2) is 6.45. The maximum atomic E-state index is 13.3. The number of likely N-dealkylation sites (N-methyl/N-ethyl adjacent to an activating group) is 1. The van der Waals surface area contributed by atoms with E-state index in [-0.39, 0.29) is 5.82 Å². The predicted octanol–water partition coefficient (Wildman–Crippen LogP) is 1.76. The summed E-state index contributed by atoms with van der Waals surface area (Å²) in [6.07, 6.45) is 0. The van der Waals surface area contributed by atoms with Gasteiger partial charge >= 0.3 is 0 Å². The zero-order valence-electron chi connectivity index (χ0n) is 9.87. The highest BCUT2D eigenvalue weighted by atomic mass is 19.1. The van der Waals surface area contributed by atoms with Gasteiger partial charge in [0.1, 0.15) is 5.82 Å². The van der Waals surface area contributed by atoms with Crippen molar-refractivity contribution in [3.63, 3.8) is 0 Å². The maximum Gasteiger partial charge on any atom is 0.125 e. The Balaban J connectivity index is 2.86. The van der Waals surface area contributed by atoms with Crippen LogP contribution in [0.3, 0.4) is 0 Å². The van der Waals surface area contributed by atoms with Crippen molar-refractivity contribution >= 4 is 5.69 Å². The smallest absolute Gasteiger partial charge is 0.125 e. The van der Waals surface area contributed by atoms with Crippen molar-refractivity contribution in [1.82, 2.24) is 0 Å². The van der Waals surface area contributed by atoms with Crippen molar-refractivity contribution in [2.45, 2.75) is 13.5 Å². The molecule has 0 unspecified atom stereocenters. The number of hydrogen-bond acceptors (Lipinski definition) is 3. The van der Waals surface area contributed by atoms with Crippen LogP contribution in [-0.4, -0.2) is 26.8 Å². The summed E-state index contributed by atoms with van der Waals surface area (Å²) in [6.45, 7) is 4.58. The van der Waals surface area contributed by atoms with Gasteiger partial charge in [-0.25, -0.2) is 4.39 Å². The van der Waals surface area contributed by atoms with E-state index < -0.39 is 0 Å². The van der Waals surface area contributed by atoms with Gasteiger partial charge in [-0.2, -0.15) is 0 Å². The van der Waals surface area contributed by atoms with Gasteiger partial charge in [-0.15, -0.1) is 0 Å². The van der Waals surface area contributed by atoms with E-state index >= 15 is 0 Å². The van der Waals surface area contributed by atoms with E-state index in [4.69, 9.17) is 10.5 Å². The number of nitrogens with two attached hydrogens (primary N) is 1. The van der Waals surface area contributed by atoms with Crippen LogP contribution in [0, 0.1) is 5.82 Å². The largest absolute Gasteiger partial charge is 0.383 e. The third-order valence-electron chi connectivity index (χ3n) is 2.49. The van der Waals surface area contributed by atoms with Crippen molar-refractivity contribution < 1.29 is 9.13 Å². The fourth-order valence-corrected chi connectivity index (χ4v) is 1.61. The van der Waals surface area contributed by atoms with E-state index in [2.05, 4.69) is 4.90 Å². The fraction of sp³-hybridized carbons (Fsp3) is 0.500. The van der Waals surface area contributed by atoms with Crippen LogP contribution in [0.15, 0.2) is 18.2 Å². The zero-order chi connectivity index (χ0) is 12.0. The van der Waals surface area contributed by atoms with Gasteiger partial charge < -0.3 is 15.4 Å². The molecule has 2 N–H and O–H groups in total. The predicted molar refractivity (Wildman–Crippen MR) is 64.1 cm³/mol. The normalized spacial score (nSPS) is 10.5. The minimum Gasteiger partial charge on any atom is -0.383 e. The average Bonchev–Trinajstić information content (AvgIpc) is 2.29. The van der Waals surface area contributed by atoms with Crippen LogP contribution in [-0.2, 0) is 11.3 Å². The molecule has 0 aliphatic rings. The summed E-state index contributed by atoms with van der Waals surface area (Å²) in [6, 6.07) is 4.91. The van der Waals surface area contributed by atoms with E-state index in [0.717, 1.165) is 24.3 Å². The molecule has 0 saturated heterocycles. The molecule has 0 saturated carbocycles. The van der Waals surface area contributed by atoms with Gasteiger partial charge in [-0.05, 0) is 30.7 Å². The highest BCUT2D eigenvalue weighted by Gasteiger charge is 2.06. The molecule has 1 rings (SSSR count). The van der Waals surface area contributed by atoms with Crippen LogP contribution in [0.5, 0.6) is 0 Å². The van der Waals surface area contributed by atoms with Crippen LogP contribution in [0.1, 0.15) is 12.5 Å². The molecule has 0 radical (unpaired) electrons. The van der Waals surface area contributed by atoms with Crippen LogP contribution in [0.25, 0.3) is 0 Å². The molecule has 90 valence electrons. The SMILES string of the molecule is CCN(CCOC)c1cc(F)cc(CN)c1. The molecule has 0 heterocycles. The zero-order valence-corrected chi connectivity index (χ0v) is 9.87. The number of benzene rings is 1. The Kier molecular flexibility index (Phi) is 5.22. The lowest BCUT2D eigenvalue weighted by atomic mass is 10.2. The number of rotatable bonds is 6. The van der Waals surface area contributed by atoms with E-state index in [1.807, 2.05) is 13.0 Å². The van der Waals surface area contributed by atoms with Crippen molar-refractivity contribution in [3.05, 3.63) is 29.6 Å². The van der Waals surface area contributed by atoms with Crippen LogP contribution >= 0.6 is 0 Å². The number of anilines is 1. The number of ether oxygens (including phenoxy) is 1. The van der Waals surface area contributed by atoms with Crippen molar-refractivity contribution in [1.29, 1.82) is 0 Å². The molecule has 0 fully saturated rings. The summed E-state index contributed by atoms with van der Waals surface area (Å²) < 4.78 is 18.3. The number of hydrogen-bond donors (Lipinski definition) is 1. The van der Waals surface area contributed by atoms with Gasteiger partial charge in [-0.1, -0.05) is 0 Å². The first kappa shape index (κ1) is 12.9. The molecule has 0 spiro atoms. The van der Waals surface area contributed by atoms with Crippen molar-refractivity contribution in [2.75, 3.05) is 31.7 Å². The molecule has 0 bridgehead atoms. The molecular weight excluding hydrogens is 207 g/mol. The Morgan fingerprint density at radius 3 is 2.69 bits per heavy atom. The summed E-state index contributed by atoms with van der Waals surface area (Å²) in [5.74, 6) is -0.242. The summed E-state index contributed by atoms with van der Waals surface area (Å²) in [5.41, 5.74) is 7.19. The molecule has 1 aromatic rings.